The first-order valence-electron chi connectivity index (χ1n) is 5.16. The Morgan fingerprint density at radius 1 is 1.40 bits per heavy atom. The van der Waals surface area contributed by atoms with Crippen molar-refractivity contribution in [3.63, 3.8) is 0 Å². The summed E-state index contributed by atoms with van der Waals surface area (Å²) in [5, 5.41) is 10.1. The number of hydrogen-bond acceptors (Lipinski definition) is 3. The predicted molar refractivity (Wildman–Crippen MR) is 59.2 cm³/mol. The van der Waals surface area contributed by atoms with Crippen LogP contribution in [-0.2, 0) is 5.54 Å². The Bertz CT molecular complexity index is 409. The van der Waals surface area contributed by atoms with Gasteiger partial charge in [0.15, 0.2) is 0 Å². The number of rotatable bonds is 2. The minimum Gasteiger partial charge on any atom is -0.507 e. The molecule has 0 spiro atoms. The average molecular weight is 207 g/mol. The quantitative estimate of drug-likeness (QED) is 0.779. The fourth-order valence-electron chi connectivity index (χ4n) is 2.09. The third-order valence-corrected chi connectivity index (χ3v) is 3.21. The van der Waals surface area contributed by atoms with Crippen LogP contribution in [0.4, 0.5) is 0 Å². The van der Waals surface area contributed by atoms with E-state index in [1.165, 1.54) is 0 Å². The summed E-state index contributed by atoms with van der Waals surface area (Å²) in [6.45, 7) is 3.81. The summed E-state index contributed by atoms with van der Waals surface area (Å²) in [6.07, 6.45) is 1.90. The maximum Gasteiger partial charge on any atom is 0.127 e. The van der Waals surface area contributed by atoms with Crippen LogP contribution in [0, 0.1) is 13.8 Å². The Balaban J connectivity index is 2.61. The van der Waals surface area contributed by atoms with Crippen LogP contribution in [0.2, 0.25) is 0 Å². The largest absolute Gasteiger partial charge is 0.507 e. The summed E-state index contributed by atoms with van der Waals surface area (Å²) in [6, 6.07) is 1.94. The lowest BCUT2D eigenvalue weighted by Gasteiger charge is -2.18. The molecule has 3 heteroatoms. The average Bonchev–Trinajstić information content (AvgIpc) is 2.91. The Morgan fingerprint density at radius 3 is 2.47 bits per heavy atom. The second kappa shape index (κ2) is 3.14. The normalized spacial score (nSPS) is 17.6. The summed E-state index contributed by atoms with van der Waals surface area (Å²) in [5.41, 5.74) is 8.50. The molecule has 1 aromatic carbocycles. The molecule has 1 saturated carbocycles. The van der Waals surface area contributed by atoms with Gasteiger partial charge < -0.3 is 15.6 Å². The summed E-state index contributed by atoms with van der Waals surface area (Å²) in [4.78, 5) is 0. The van der Waals surface area contributed by atoms with Gasteiger partial charge in [-0.3, -0.25) is 0 Å². The highest BCUT2D eigenvalue weighted by Gasteiger charge is 2.43. The molecule has 3 nitrogen and oxygen atoms in total. The third-order valence-electron chi connectivity index (χ3n) is 3.21. The molecule has 0 bridgehead atoms. The zero-order valence-corrected chi connectivity index (χ0v) is 9.42. The van der Waals surface area contributed by atoms with Crippen molar-refractivity contribution in [2.75, 3.05) is 7.11 Å². The minimum absolute atomic E-state index is 0.298. The number of ether oxygens (including phenoxy) is 1. The van der Waals surface area contributed by atoms with Crippen LogP contribution in [0.25, 0.3) is 0 Å². The molecule has 0 amide bonds. The fraction of sp³-hybridized carbons (Fsp3) is 0.500. The van der Waals surface area contributed by atoms with Crippen molar-refractivity contribution in [1.29, 1.82) is 0 Å². The molecule has 15 heavy (non-hydrogen) atoms. The number of methoxy groups -OCH3 is 1. The zero-order valence-electron chi connectivity index (χ0n) is 9.42. The molecule has 1 aromatic rings. The molecular formula is C12H17NO2. The first-order valence-corrected chi connectivity index (χ1v) is 5.16. The van der Waals surface area contributed by atoms with Crippen molar-refractivity contribution < 1.29 is 9.84 Å². The third kappa shape index (κ3) is 1.47. The van der Waals surface area contributed by atoms with Crippen molar-refractivity contribution in [3.05, 3.63) is 22.8 Å². The number of benzene rings is 1. The monoisotopic (exact) mass is 207 g/mol. The van der Waals surface area contributed by atoms with Crippen LogP contribution in [0.15, 0.2) is 6.07 Å². The van der Waals surface area contributed by atoms with Gasteiger partial charge in [-0.1, -0.05) is 0 Å². The van der Waals surface area contributed by atoms with E-state index in [2.05, 4.69) is 0 Å². The molecule has 0 atom stereocenters. The van der Waals surface area contributed by atoms with Crippen LogP contribution in [-0.4, -0.2) is 12.2 Å². The molecule has 0 saturated heterocycles. The zero-order chi connectivity index (χ0) is 11.2. The summed E-state index contributed by atoms with van der Waals surface area (Å²) in [7, 11) is 1.61. The lowest BCUT2D eigenvalue weighted by Crippen LogP contribution is -2.20. The van der Waals surface area contributed by atoms with Crippen molar-refractivity contribution in [3.8, 4) is 11.5 Å². The molecule has 2 rings (SSSR count). The van der Waals surface area contributed by atoms with Gasteiger partial charge in [0.1, 0.15) is 11.5 Å². The molecule has 1 fully saturated rings. The van der Waals surface area contributed by atoms with E-state index >= 15 is 0 Å². The van der Waals surface area contributed by atoms with Gasteiger partial charge in [0, 0.05) is 16.7 Å². The lowest BCUT2D eigenvalue weighted by atomic mass is 9.95. The van der Waals surface area contributed by atoms with E-state index in [9.17, 15) is 5.11 Å². The minimum atomic E-state index is -0.300. The predicted octanol–water partition coefficient (Wildman–Crippen LogP) is 1.97. The Morgan fingerprint density at radius 2 is 2.00 bits per heavy atom. The molecule has 0 aromatic heterocycles. The van der Waals surface area contributed by atoms with Gasteiger partial charge in [-0.2, -0.15) is 0 Å². The van der Waals surface area contributed by atoms with E-state index < -0.39 is 0 Å². The highest BCUT2D eigenvalue weighted by atomic mass is 16.5. The van der Waals surface area contributed by atoms with Crippen molar-refractivity contribution >= 4 is 0 Å². The molecule has 0 aliphatic heterocycles. The van der Waals surface area contributed by atoms with Gasteiger partial charge in [-0.25, -0.2) is 0 Å². The molecule has 0 heterocycles. The Kier molecular flexibility index (Phi) is 2.15. The van der Waals surface area contributed by atoms with Crippen LogP contribution >= 0.6 is 0 Å². The van der Waals surface area contributed by atoms with Gasteiger partial charge in [0.2, 0.25) is 0 Å². The van der Waals surface area contributed by atoms with Crippen molar-refractivity contribution in [2.45, 2.75) is 32.2 Å². The van der Waals surface area contributed by atoms with Gasteiger partial charge in [0.25, 0.3) is 0 Å². The van der Waals surface area contributed by atoms with E-state index in [1.807, 2.05) is 19.9 Å². The second-order valence-electron chi connectivity index (χ2n) is 4.40. The maximum atomic E-state index is 10.1. The number of aryl methyl sites for hydroxylation is 1. The van der Waals surface area contributed by atoms with Crippen LogP contribution < -0.4 is 10.5 Å². The summed E-state index contributed by atoms with van der Waals surface area (Å²) in [5.74, 6) is 1.02. The molecule has 82 valence electrons. The number of phenols is 1. The topological polar surface area (TPSA) is 55.5 Å². The van der Waals surface area contributed by atoms with Gasteiger partial charge in [0.05, 0.1) is 7.11 Å². The van der Waals surface area contributed by atoms with Gasteiger partial charge >= 0.3 is 0 Å². The Labute approximate surface area is 89.9 Å². The first-order chi connectivity index (χ1) is 6.99. The maximum absolute atomic E-state index is 10.1. The molecule has 1 aliphatic carbocycles. The molecular weight excluding hydrogens is 190 g/mol. The summed E-state index contributed by atoms with van der Waals surface area (Å²) >= 11 is 0. The standard InChI is InChI=1S/C12H17NO2/c1-7-6-9(15-3)8(2)11(14)10(7)12(13)4-5-12/h6,14H,4-5,13H2,1-3H3. The molecule has 3 N–H and O–H groups in total. The Hall–Kier alpha value is -1.22. The molecule has 0 radical (unpaired) electrons. The van der Waals surface area contributed by atoms with E-state index in [1.54, 1.807) is 7.11 Å². The van der Waals surface area contributed by atoms with Crippen molar-refractivity contribution in [1.82, 2.24) is 0 Å². The molecule has 0 unspecified atom stereocenters. The highest BCUT2D eigenvalue weighted by Crippen LogP contribution is 2.49. The van der Waals surface area contributed by atoms with Crippen molar-refractivity contribution in [2.24, 2.45) is 5.73 Å². The summed E-state index contributed by atoms with van der Waals surface area (Å²) < 4.78 is 5.19. The lowest BCUT2D eigenvalue weighted by molar-refractivity contribution is 0.399. The highest BCUT2D eigenvalue weighted by molar-refractivity contribution is 5.56. The number of phenolic OH excluding ortho intramolecular Hbond substituents is 1. The number of nitrogens with two attached hydrogens (primary N) is 1. The first kappa shape index (κ1) is 10.3. The second-order valence-corrected chi connectivity index (χ2v) is 4.40. The fourth-order valence-corrected chi connectivity index (χ4v) is 2.09. The van der Waals surface area contributed by atoms with Gasteiger partial charge in [-0.05, 0) is 38.3 Å². The van der Waals surface area contributed by atoms with Crippen LogP contribution in [0.5, 0.6) is 11.5 Å². The van der Waals surface area contributed by atoms with Gasteiger partial charge in [-0.15, -0.1) is 0 Å². The smallest absolute Gasteiger partial charge is 0.127 e. The number of aromatic hydroxyl groups is 1. The van der Waals surface area contributed by atoms with E-state index in [0.717, 1.165) is 35.3 Å². The van der Waals surface area contributed by atoms with E-state index in [0.29, 0.717) is 5.75 Å². The number of hydrogen-bond donors (Lipinski definition) is 2. The van der Waals surface area contributed by atoms with Crippen LogP contribution in [0.1, 0.15) is 29.5 Å². The van der Waals surface area contributed by atoms with E-state index in [-0.39, 0.29) is 5.54 Å². The van der Waals surface area contributed by atoms with E-state index in [4.69, 9.17) is 10.5 Å². The molecule has 1 aliphatic rings. The SMILES string of the molecule is COc1cc(C)c(C2(N)CC2)c(O)c1C. The van der Waals surface area contributed by atoms with Crippen LogP contribution in [0.3, 0.4) is 0 Å².